The Hall–Kier alpha value is -0.810. The largest absolute Gasteiger partial charge is 0.336 e. The molecule has 2 aliphatic heterocycles. The molecule has 2 heterocycles. The zero-order chi connectivity index (χ0) is 16.8. The molecule has 0 saturated carbocycles. The van der Waals surface area contributed by atoms with Crippen molar-refractivity contribution in [2.75, 3.05) is 32.7 Å². The summed E-state index contributed by atoms with van der Waals surface area (Å²) < 4.78 is 0. The standard InChI is InChI=1S/C20H31N3O.2ClH/c1-2-12-23(19-8-10-21-11-9-19)20(24)18-7-5-6-17(15-18)16-22-13-3-4-14-22;;/h5-7,15,19,21H,2-4,8-14,16H2,1H3;2*1H. The van der Waals surface area contributed by atoms with Crippen LogP contribution in [0, 0.1) is 0 Å². The summed E-state index contributed by atoms with van der Waals surface area (Å²) in [6, 6.07) is 8.69. The Kier molecular flexibility index (Phi) is 10.6. The quantitative estimate of drug-likeness (QED) is 0.788. The molecule has 0 aromatic heterocycles. The second-order valence-electron chi connectivity index (χ2n) is 7.16. The maximum Gasteiger partial charge on any atom is 0.254 e. The molecule has 0 aliphatic carbocycles. The number of halogens is 2. The molecule has 0 unspecified atom stereocenters. The third kappa shape index (κ3) is 6.12. The van der Waals surface area contributed by atoms with Gasteiger partial charge in [0.05, 0.1) is 0 Å². The van der Waals surface area contributed by atoms with Crippen molar-refractivity contribution in [1.82, 2.24) is 15.1 Å². The van der Waals surface area contributed by atoms with Gasteiger partial charge in [0, 0.05) is 24.7 Å². The topological polar surface area (TPSA) is 35.6 Å². The van der Waals surface area contributed by atoms with E-state index in [-0.39, 0.29) is 30.7 Å². The lowest BCUT2D eigenvalue weighted by Crippen LogP contribution is -2.46. The van der Waals surface area contributed by atoms with E-state index in [1.807, 2.05) is 12.1 Å². The second kappa shape index (κ2) is 11.8. The molecule has 1 amide bonds. The molecule has 2 fully saturated rings. The Bertz CT molecular complexity index is 544. The van der Waals surface area contributed by atoms with Crippen LogP contribution in [0.2, 0.25) is 0 Å². The maximum absolute atomic E-state index is 13.1. The average molecular weight is 402 g/mol. The molecule has 0 spiro atoms. The van der Waals surface area contributed by atoms with E-state index in [1.165, 1.54) is 31.5 Å². The van der Waals surface area contributed by atoms with Crippen LogP contribution >= 0.6 is 24.8 Å². The highest BCUT2D eigenvalue weighted by Gasteiger charge is 2.25. The Labute approximate surface area is 170 Å². The van der Waals surface area contributed by atoms with Gasteiger partial charge in [-0.25, -0.2) is 0 Å². The molecule has 2 aliphatic rings. The molecule has 6 heteroatoms. The van der Waals surface area contributed by atoms with Gasteiger partial charge in [0.1, 0.15) is 0 Å². The summed E-state index contributed by atoms with van der Waals surface area (Å²) in [7, 11) is 0. The molecule has 0 radical (unpaired) electrons. The lowest BCUT2D eigenvalue weighted by atomic mass is 10.0. The molecular formula is C20H33Cl2N3O. The van der Waals surface area contributed by atoms with E-state index < -0.39 is 0 Å². The van der Waals surface area contributed by atoms with Gasteiger partial charge in [0.15, 0.2) is 0 Å². The first kappa shape index (κ1) is 23.2. The van der Waals surface area contributed by atoms with Crippen LogP contribution in [0.3, 0.4) is 0 Å². The second-order valence-corrected chi connectivity index (χ2v) is 7.16. The summed E-state index contributed by atoms with van der Waals surface area (Å²) in [5.41, 5.74) is 2.13. The molecule has 2 saturated heterocycles. The number of rotatable bonds is 6. The van der Waals surface area contributed by atoms with Gasteiger partial charge in [-0.1, -0.05) is 19.1 Å². The van der Waals surface area contributed by atoms with Gasteiger partial charge in [-0.05, 0) is 76.0 Å². The monoisotopic (exact) mass is 401 g/mol. The van der Waals surface area contributed by atoms with E-state index in [1.54, 1.807) is 0 Å². The summed E-state index contributed by atoms with van der Waals surface area (Å²) in [4.78, 5) is 17.7. The van der Waals surface area contributed by atoms with Gasteiger partial charge in [0.2, 0.25) is 0 Å². The Morgan fingerprint density at radius 1 is 1.19 bits per heavy atom. The van der Waals surface area contributed by atoms with E-state index in [0.717, 1.165) is 51.0 Å². The fourth-order valence-electron chi connectivity index (χ4n) is 3.98. The molecule has 0 atom stereocenters. The van der Waals surface area contributed by atoms with Crippen molar-refractivity contribution in [1.29, 1.82) is 0 Å². The summed E-state index contributed by atoms with van der Waals surface area (Å²) >= 11 is 0. The molecule has 1 aromatic carbocycles. The number of carbonyl (C=O) groups is 1. The van der Waals surface area contributed by atoms with Crippen LogP contribution in [0.1, 0.15) is 54.9 Å². The molecule has 148 valence electrons. The predicted octanol–water partition coefficient (Wildman–Crippen LogP) is 3.73. The number of hydrogen-bond donors (Lipinski definition) is 1. The molecular weight excluding hydrogens is 369 g/mol. The van der Waals surface area contributed by atoms with Crippen molar-refractivity contribution in [3.8, 4) is 0 Å². The summed E-state index contributed by atoms with van der Waals surface area (Å²) in [5.74, 6) is 0.215. The van der Waals surface area contributed by atoms with Crippen LogP contribution in [0.25, 0.3) is 0 Å². The first-order valence-electron chi connectivity index (χ1n) is 9.61. The molecule has 3 rings (SSSR count). The lowest BCUT2D eigenvalue weighted by Gasteiger charge is -2.34. The van der Waals surface area contributed by atoms with Crippen molar-refractivity contribution in [3.63, 3.8) is 0 Å². The number of nitrogens with one attached hydrogen (secondary N) is 1. The number of hydrogen-bond acceptors (Lipinski definition) is 3. The summed E-state index contributed by atoms with van der Waals surface area (Å²) in [6.45, 7) is 8.41. The van der Waals surface area contributed by atoms with Gasteiger partial charge in [-0.15, -0.1) is 24.8 Å². The number of piperidine rings is 1. The van der Waals surface area contributed by atoms with Gasteiger partial charge in [-0.3, -0.25) is 9.69 Å². The number of likely N-dealkylation sites (tertiary alicyclic amines) is 1. The van der Waals surface area contributed by atoms with E-state index in [2.05, 4.69) is 34.2 Å². The molecule has 4 nitrogen and oxygen atoms in total. The zero-order valence-corrected chi connectivity index (χ0v) is 17.4. The predicted molar refractivity (Wildman–Crippen MR) is 113 cm³/mol. The zero-order valence-electron chi connectivity index (χ0n) is 15.8. The molecule has 1 aromatic rings. The number of amides is 1. The van der Waals surface area contributed by atoms with Crippen LogP contribution < -0.4 is 5.32 Å². The lowest BCUT2D eigenvalue weighted by molar-refractivity contribution is 0.0642. The Balaban J connectivity index is 0.00000169. The van der Waals surface area contributed by atoms with Crippen LogP contribution in [0.5, 0.6) is 0 Å². The highest BCUT2D eigenvalue weighted by atomic mass is 35.5. The number of carbonyl (C=O) groups excluding carboxylic acids is 1. The van der Waals surface area contributed by atoms with E-state index in [4.69, 9.17) is 0 Å². The van der Waals surface area contributed by atoms with Crippen LogP contribution in [-0.4, -0.2) is 54.5 Å². The van der Waals surface area contributed by atoms with E-state index >= 15 is 0 Å². The third-order valence-corrected chi connectivity index (χ3v) is 5.25. The van der Waals surface area contributed by atoms with Gasteiger partial charge in [0.25, 0.3) is 5.91 Å². The highest BCUT2D eigenvalue weighted by molar-refractivity contribution is 5.94. The first-order valence-corrected chi connectivity index (χ1v) is 9.61. The Morgan fingerprint density at radius 2 is 1.88 bits per heavy atom. The maximum atomic E-state index is 13.1. The fourth-order valence-corrected chi connectivity index (χ4v) is 3.98. The number of nitrogens with zero attached hydrogens (tertiary/aromatic N) is 2. The minimum absolute atomic E-state index is 0. The third-order valence-electron chi connectivity index (χ3n) is 5.25. The van der Waals surface area contributed by atoms with Gasteiger partial charge in [-0.2, -0.15) is 0 Å². The van der Waals surface area contributed by atoms with Crippen molar-refractivity contribution in [2.45, 2.75) is 51.6 Å². The van der Waals surface area contributed by atoms with Gasteiger partial charge >= 0.3 is 0 Å². The van der Waals surface area contributed by atoms with Crippen LogP contribution in [0.4, 0.5) is 0 Å². The van der Waals surface area contributed by atoms with Crippen molar-refractivity contribution < 1.29 is 4.79 Å². The summed E-state index contributed by atoms with van der Waals surface area (Å²) in [6.07, 6.45) is 5.76. The van der Waals surface area contributed by atoms with E-state index in [0.29, 0.717) is 6.04 Å². The first-order chi connectivity index (χ1) is 11.8. The fraction of sp³-hybridized carbons (Fsp3) is 0.650. The van der Waals surface area contributed by atoms with Crippen molar-refractivity contribution in [3.05, 3.63) is 35.4 Å². The van der Waals surface area contributed by atoms with Crippen LogP contribution in [0.15, 0.2) is 24.3 Å². The minimum Gasteiger partial charge on any atom is -0.336 e. The molecule has 1 N–H and O–H groups in total. The summed E-state index contributed by atoms with van der Waals surface area (Å²) in [5, 5.41) is 3.40. The molecule has 0 bridgehead atoms. The van der Waals surface area contributed by atoms with E-state index in [9.17, 15) is 4.79 Å². The molecule has 26 heavy (non-hydrogen) atoms. The normalized spacial score (nSPS) is 18.0. The van der Waals surface area contributed by atoms with Gasteiger partial charge < -0.3 is 10.2 Å². The smallest absolute Gasteiger partial charge is 0.254 e. The average Bonchev–Trinajstić information content (AvgIpc) is 3.13. The van der Waals surface area contributed by atoms with Crippen molar-refractivity contribution >= 4 is 30.7 Å². The minimum atomic E-state index is 0. The Morgan fingerprint density at radius 3 is 2.54 bits per heavy atom. The highest BCUT2D eigenvalue weighted by Crippen LogP contribution is 2.19. The number of benzene rings is 1. The van der Waals surface area contributed by atoms with Crippen LogP contribution in [-0.2, 0) is 6.54 Å². The van der Waals surface area contributed by atoms with Crippen molar-refractivity contribution in [2.24, 2.45) is 0 Å². The SMILES string of the molecule is CCCN(C(=O)c1cccc(CN2CCCC2)c1)C1CCNCC1.Cl.Cl.